The molecule has 1 fully saturated rings. The topological polar surface area (TPSA) is 32.8 Å². The molecule has 4 nitrogen and oxygen atoms in total. The standard InChI is InChI=1S/C29H33ClN2O2/c1-34-28-13-12-26(22-27(28)30)32(29(33)25-10-6-3-7-11-25)21-17-24-15-19-31(20-16-24)18-14-23-8-4-2-5-9-23/h2-13,22,24H,14-21H2,1H3. The van der Waals surface area contributed by atoms with Crippen LogP contribution in [0.4, 0.5) is 5.69 Å². The van der Waals surface area contributed by atoms with E-state index >= 15 is 0 Å². The Balaban J connectivity index is 1.36. The van der Waals surface area contributed by atoms with Crippen molar-refractivity contribution in [3.63, 3.8) is 0 Å². The van der Waals surface area contributed by atoms with Gasteiger partial charge in [0.15, 0.2) is 0 Å². The lowest BCUT2D eigenvalue weighted by Crippen LogP contribution is -2.37. The zero-order valence-electron chi connectivity index (χ0n) is 19.8. The van der Waals surface area contributed by atoms with E-state index in [2.05, 4.69) is 35.2 Å². The fraction of sp³-hybridized carbons (Fsp3) is 0.345. The van der Waals surface area contributed by atoms with Crippen molar-refractivity contribution in [2.24, 2.45) is 5.92 Å². The van der Waals surface area contributed by atoms with Gasteiger partial charge in [0, 0.05) is 24.3 Å². The third-order valence-corrected chi connectivity index (χ3v) is 7.04. The van der Waals surface area contributed by atoms with Crippen LogP contribution in [-0.4, -0.2) is 44.1 Å². The molecule has 1 aliphatic heterocycles. The predicted molar refractivity (Wildman–Crippen MR) is 140 cm³/mol. The highest BCUT2D eigenvalue weighted by Crippen LogP contribution is 2.31. The fourth-order valence-corrected chi connectivity index (χ4v) is 4.90. The molecule has 0 saturated carbocycles. The average molecular weight is 477 g/mol. The first-order chi connectivity index (χ1) is 16.6. The smallest absolute Gasteiger partial charge is 0.258 e. The lowest BCUT2D eigenvalue weighted by atomic mass is 9.93. The first-order valence-electron chi connectivity index (χ1n) is 12.1. The number of halogens is 1. The Morgan fingerprint density at radius 1 is 1.00 bits per heavy atom. The number of likely N-dealkylation sites (tertiary alicyclic amines) is 1. The molecular formula is C29H33ClN2O2. The minimum atomic E-state index is 0.00197. The second kappa shape index (κ2) is 12.0. The molecule has 0 radical (unpaired) electrons. The molecule has 3 aromatic rings. The molecule has 0 N–H and O–H groups in total. The van der Waals surface area contributed by atoms with Crippen LogP contribution >= 0.6 is 11.6 Å². The summed E-state index contributed by atoms with van der Waals surface area (Å²) >= 11 is 6.39. The molecule has 0 bridgehead atoms. The van der Waals surface area contributed by atoms with Crippen molar-refractivity contribution < 1.29 is 9.53 Å². The summed E-state index contributed by atoms with van der Waals surface area (Å²) in [5, 5.41) is 0.512. The number of methoxy groups -OCH3 is 1. The molecule has 3 aromatic carbocycles. The first kappa shape index (κ1) is 24.3. The number of piperidine rings is 1. The van der Waals surface area contributed by atoms with Crippen molar-refractivity contribution in [2.45, 2.75) is 25.7 Å². The van der Waals surface area contributed by atoms with E-state index < -0.39 is 0 Å². The third kappa shape index (κ3) is 6.40. The maximum absolute atomic E-state index is 13.4. The van der Waals surface area contributed by atoms with Gasteiger partial charge in [0.1, 0.15) is 5.75 Å². The number of amides is 1. The van der Waals surface area contributed by atoms with Gasteiger partial charge in [-0.15, -0.1) is 0 Å². The maximum Gasteiger partial charge on any atom is 0.258 e. The summed E-state index contributed by atoms with van der Waals surface area (Å²) < 4.78 is 5.30. The molecule has 0 aromatic heterocycles. The lowest BCUT2D eigenvalue weighted by Gasteiger charge is -2.33. The van der Waals surface area contributed by atoms with Crippen LogP contribution in [0.5, 0.6) is 5.75 Å². The number of ether oxygens (including phenoxy) is 1. The van der Waals surface area contributed by atoms with Crippen LogP contribution in [0.2, 0.25) is 5.02 Å². The largest absolute Gasteiger partial charge is 0.495 e. The van der Waals surface area contributed by atoms with E-state index in [0.29, 0.717) is 28.8 Å². The summed E-state index contributed by atoms with van der Waals surface area (Å²) in [5.74, 6) is 1.23. The number of hydrogen-bond acceptors (Lipinski definition) is 3. The van der Waals surface area contributed by atoms with E-state index in [-0.39, 0.29) is 5.91 Å². The molecule has 5 heteroatoms. The van der Waals surface area contributed by atoms with E-state index in [9.17, 15) is 4.79 Å². The van der Waals surface area contributed by atoms with Crippen molar-refractivity contribution >= 4 is 23.2 Å². The predicted octanol–water partition coefficient (Wildman–Crippen LogP) is 6.34. The number of anilines is 1. The van der Waals surface area contributed by atoms with Gasteiger partial charge in [-0.2, -0.15) is 0 Å². The number of benzene rings is 3. The molecule has 1 amide bonds. The normalized spacial score (nSPS) is 14.6. The number of hydrogen-bond donors (Lipinski definition) is 0. The average Bonchev–Trinajstić information content (AvgIpc) is 2.89. The highest BCUT2D eigenvalue weighted by Gasteiger charge is 2.23. The van der Waals surface area contributed by atoms with Crippen molar-refractivity contribution in [3.8, 4) is 5.75 Å². The molecular weight excluding hydrogens is 444 g/mol. The highest BCUT2D eigenvalue weighted by molar-refractivity contribution is 6.32. The zero-order valence-corrected chi connectivity index (χ0v) is 20.6. The van der Waals surface area contributed by atoms with E-state index in [0.717, 1.165) is 38.2 Å². The summed E-state index contributed by atoms with van der Waals surface area (Å²) in [7, 11) is 1.60. The third-order valence-electron chi connectivity index (χ3n) is 6.74. The van der Waals surface area contributed by atoms with Gasteiger partial charge in [-0.3, -0.25) is 4.79 Å². The molecule has 4 rings (SSSR count). The molecule has 1 saturated heterocycles. The highest BCUT2D eigenvalue weighted by atomic mass is 35.5. The van der Waals surface area contributed by atoms with Crippen LogP contribution < -0.4 is 9.64 Å². The number of carbonyl (C=O) groups excluding carboxylic acids is 1. The first-order valence-corrected chi connectivity index (χ1v) is 12.5. The van der Waals surface area contributed by atoms with Gasteiger partial charge in [-0.25, -0.2) is 0 Å². The van der Waals surface area contributed by atoms with Crippen LogP contribution in [0.3, 0.4) is 0 Å². The molecule has 1 aliphatic rings. The fourth-order valence-electron chi connectivity index (χ4n) is 4.65. The van der Waals surface area contributed by atoms with Gasteiger partial charge in [0.2, 0.25) is 0 Å². The zero-order chi connectivity index (χ0) is 23.8. The Kier molecular flexibility index (Phi) is 8.62. The number of nitrogens with zero attached hydrogens (tertiary/aromatic N) is 2. The minimum Gasteiger partial charge on any atom is -0.495 e. The molecule has 1 heterocycles. The van der Waals surface area contributed by atoms with Crippen molar-refractivity contribution in [1.82, 2.24) is 4.90 Å². The summed E-state index contributed by atoms with van der Waals surface area (Å²) in [5.41, 5.74) is 2.89. The summed E-state index contributed by atoms with van der Waals surface area (Å²) in [6, 6.07) is 25.7. The van der Waals surface area contributed by atoms with Crippen LogP contribution in [-0.2, 0) is 6.42 Å². The number of carbonyl (C=O) groups is 1. The minimum absolute atomic E-state index is 0.00197. The summed E-state index contributed by atoms with van der Waals surface area (Å²) in [6.45, 7) is 4.03. The Hall–Kier alpha value is -2.82. The van der Waals surface area contributed by atoms with E-state index in [1.54, 1.807) is 7.11 Å². The van der Waals surface area contributed by atoms with Crippen LogP contribution in [0.1, 0.15) is 35.2 Å². The summed E-state index contributed by atoms with van der Waals surface area (Å²) in [6.07, 6.45) is 4.43. The Morgan fingerprint density at radius 3 is 2.32 bits per heavy atom. The van der Waals surface area contributed by atoms with Crippen molar-refractivity contribution in [3.05, 3.63) is 95.0 Å². The van der Waals surface area contributed by atoms with Gasteiger partial charge in [-0.1, -0.05) is 60.1 Å². The second-order valence-corrected chi connectivity index (χ2v) is 9.36. The molecule has 0 aliphatic carbocycles. The Labute approximate surface area is 208 Å². The van der Waals surface area contributed by atoms with Gasteiger partial charge < -0.3 is 14.5 Å². The summed E-state index contributed by atoms with van der Waals surface area (Å²) in [4.78, 5) is 17.8. The van der Waals surface area contributed by atoms with Crippen LogP contribution in [0, 0.1) is 5.92 Å². The van der Waals surface area contributed by atoms with E-state index in [1.807, 2.05) is 53.4 Å². The van der Waals surface area contributed by atoms with Crippen molar-refractivity contribution in [2.75, 3.05) is 38.2 Å². The lowest BCUT2D eigenvalue weighted by molar-refractivity contribution is 0.0983. The number of rotatable bonds is 9. The van der Waals surface area contributed by atoms with Crippen molar-refractivity contribution in [1.29, 1.82) is 0 Å². The van der Waals surface area contributed by atoms with Crippen LogP contribution in [0.25, 0.3) is 0 Å². The molecule has 34 heavy (non-hydrogen) atoms. The SMILES string of the molecule is COc1ccc(N(CCC2CCN(CCc3ccccc3)CC2)C(=O)c2ccccc2)cc1Cl. The van der Waals surface area contributed by atoms with E-state index in [4.69, 9.17) is 16.3 Å². The second-order valence-electron chi connectivity index (χ2n) is 8.95. The molecule has 0 unspecified atom stereocenters. The monoisotopic (exact) mass is 476 g/mol. The van der Waals surface area contributed by atoms with Gasteiger partial charge in [0.05, 0.1) is 12.1 Å². The molecule has 0 spiro atoms. The Bertz CT molecular complexity index is 1050. The van der Waals surface area contributed by atoms with E-state index in [1.165, 1.54) is 18.4 Å². The Morgan fingerprint density at radius 2 is 1.68 bits per heavy atom. The molecule has 178 valence electrons. The van der Waals surface area contributed by atoms with Gasteiger partial charge in [-0.05, 0) is 80.6 Å². The van der Waals surface area contributed by atoms with Crippen LogP contribution in [0.15, 0.2) is 78.9 Å². The quantitative estimate of drug-likeness (QED) is 0.361. The molecule has 0 atom stereocenters. The van der Waals surface area contributed by atoms with Gasteiger partial charge in [0.25, 0.3) is 5.91 Å². The maximum atomic E-state index is 13.4. The van der Waals surface area contributed by atoms with Gasteiger partial charge >= 0.3 is 0 Å².